The van der Waals surface area contributed by atoms with Crippen molar-refractivity contribution >= 4 is 6.29 Å². The number of β-amino-alcohol motifs (C(OH)–C–C–N with tert-alkyl or cyclic N) is 1. The average molecular weight is 214 g/mol. The Morgan fingerprint density at radius 1 is 1.27 bits per heavy atom. The molecule has 15 heavy (non-hydrogen) atoms. The van der Waals surface area contributed by atoms with Crippen LogP contribution in [0.3, 0.4) is 0 Å². The molecule has 0 bridgehead atoms. The van der Waals surface area contributed by atoms with Gasteiger partial charge < -0.3 is 14.8 Å². The molecule has 0 aromatic rings. The second kappa shape index (κ2) is 6.93. The van der Waals surface area contributed by atoms with Crippen molar-refractivity contribution in [2.75, 3.05) is 45.9 Å². The molecule has 1 unspecified atom stereocenters. The number of nitrogens with zero attached hydrogens (tertiary/aromatic N) is 2. The Hall–Kier alpha value is -0.450. The molecule has 0 aliphatic carbocycles. The number of rotatable bonds is 5. The number of aliphatic hydroxyl groups excluding tert-OH is 1. The first-order valence-corrected chi connectivity index (χ1v) is 5.77. The Bertz CT molecular complexity index is 187. The normalized spacial score (nSPS) is 22.3. The highest BCUT2D eigenvalue weighted by molar-refractivity contribution is 5.52. The Kier molecular flexibility index (Phi) is 5.83. The highest BCUT2D eigenvalue weighted by atomic mass is 16.3. The monoisotopic (exact) mass is 214 g/mol. The second-order valence-corrected chi connectivity index (χ2v) is 4.33. The van der Waals surface area contributed by atoms with Crippen molar-refractivity contribution in [1.29, 1.82) is 0 Å². The molecule has 88 valence electrons. The number of hydrogen-bond donors (Lipinski definition) is 1. The summed E-state index contributed by atoms with van der Waals surface area (Å²) in [6.45, 7) is 8.00. The van der Waals surface area contributed by atoms with Crippen LogP contribution < -0.4 is 0 Å². The van der Waals surface area contributed by atoms with Crippen LogP contribution in [0.1, 0.15) is 13.3 Å². The smallest absolute Gasteiger partial charge is 0.124 e. The summed E-state index contributed by atoms with van der Waals surface area (Å²) >= 11 is 0. The first-order valence-electron chi connectivity index (χ1n) is 5.77. The van der Waals surface area contributed by atoms with Gasteiger partial charge in [0.2, 0.25) is 0 Å². The van der Waals surface area contributed by atoms with Crippen LogP contribution in [0.25, 0.3) is 0 Å². The molecule has 1 fully saturated rings. The number of carbonyl (C=O) groups excluding carboxylic acids is 1. The molecule has 4 heteroatoms. The Morgan fingerprint density at radius 2 is 1.93 bits per heavy atom. The molecule has 1 rings (SSSR count). The maximum atomic E-state index is 10.6. The molecule has 1 atom stereocenters. The fourth-order valence-electron chi connectivity index (χ4n) is 2.02. The third-order valence-corrected chi connectivity index (χ3v) is 2.88. The van der Waals surface area contributed by atoms with E-state index in [2.05, 4.69) is 9.80 Å². The third kappa shape index (κ3) is 4.73. The first-order chi connectivity index (χ1) is 7.26. The van der Waals surface area contributed by atoms with E-state index < -0.39 is 0 Å². The minimum absolute atomic E-state index is 0.134. The fourth-order valence-corrected chi connectivity index (χ4v) is 2.02. The summed E-state index contributed by atoms with van der Waals surface area (Å²) in [6.07, 6.45) is 2.15. The summed E-state index contributed by atoms with van der Waals surface area (Å²) in [5.41, 5.74) is 0. The average Bonchev–Trinajstić information content (AvgIpc) is 2.45. The van der Waals surface area contributed by atoms with E-state index in [4.69, 9.17) is 5.11 Å². The van der Waals surface area contributed by atoms with Crippen LogP contribution >= 0.6 is 0 Å². The molecule has 1 saturated heterocycles. The van der Waals surface area contributed by atoms with Gasteiger partial charge in [-0.1, -0.05) is 6.92 Å². The van der Waals surface area contributed by atoms with Crippen molar-refractivity contribution < 1.29 is 9.90 Å². The quantitative estimate of drug-likeness (QED) is 0.645. The highest BCUT2D eigenvalue weighted by Gasteiger charge is 2.15. The number of aldehydes is 1. The van der Waals surface area contributed by atoms with E-state index in [0.29, 0.717) is 0 Å². The largest absolute Gasteiger partial charge is 0.395 e. The lowest BCUT2D eigenvalue weighted by molar-refractivity contribution is -0.111. The van der Waals surface area contributed by atoms with Crippen LogP contribution in [0.15, 0.2) is 0 Å². The van der Waals surface area contributed by atoms with Crippen LogP contribution in [-0.2, 0) is 4.79 Å². The molecule has 0 saturated carbocycles. The topological polar surface area (TPSA) is 43.8 Å². The van der Waals surface area contributed by atoms with Crippen molar-refractivity contribution in [3.8, 4) is 0 Å². The van der Waals surface area contributed by atoms with E-state index in [1.807, 2.05) is 6.92 Å². The van der Waals surface area contributed by atoms with E-state index in [1.54, 1.807) is 0 Å². The fraction of sp³-hybridized carbons (Fsp3) is 0.909. The van der Waals surface area contributed by atoms with Crippen LogP contribution in [0.5, 0.6) is 0 Å². The van der Waals surface area contributed by atoms with Gasteiger partial charge in [-0.25, -0.2) is 0 Å². The van der Waals surface area contributed by atoms with Crippen molar-refractivity contribution in [1.82, 2.24) is 9.80 Å². The summed E-state index contributed by atoms with van der Waals surface area (Å²) in [4.78, 5) is 15.2. The zero-order valence-electron chi connectivity index (χ0n) is 9.56. The lowest BCUT2D eigenvalue weighted by Gasteiger charge is -2.22. The molecule has 0 spiro atoms. The molecular formula is C11H22N2O2. The molecule has 1 aliphatic rings. The Morgan fingerprint density at radius 3 is 2.60 bits per heavy atom. The van der Waals surface area contributed by atoms with Crippen molar-refractivity contribution in [3.05, 3.63) is 0 Å². The minimum atomic E-state index is 0.134. The lowest BCUT2D eigenvalue weighted by Crippen LogP contribution is -2.34. The molecule has 0 amide bonds. The number of carbonyl (C=O) groups is 1. The van der Waals surface area contributed by atoms with Crippen LogP contribution in [0.4, 0.5) is 0 Å². The van der Waals surface area contributed by atoms with Gasteiger partial charge >= 0.3 is 0 Å². The predicted molar refractivity (Wildman–Crippen MR) is 59.8 cm³/mol. The molecular weight excluding hydrogens is 192 g/mol. The van der Waals surface area contributed by atoms with Gasteiger partial charge in [0.25, 0.3) is 0 Å². The highest BCUT2D eigenvalue weighted by Crippen LogP contribution is 2.05. The molecule has 0 aromatic carbocycles. The van der Waals surface area contributed by atoms with E-state index >= 15 is 0 Å². The van der Waals surface area contributed by atoms with Crippen molar-refractivity contribution in [2.45, 2.75) is 13.3 Å². The van der Waals surface area contributed by atoms with Gasteiger partial charge in [-0.05, 0) is 19.5 Å². The second-order valence-electron chi connectivity index (χ2n) is 4.33. The summed E-state index contributed by atoms with van der Waals surface area (Å²) in [5, 5.41) is 8.86. The zero-order valence-corrected chi connectivity index (χ0v) is 9.56. The van der Waals surface area contributed by atoms with Crippen molar-refractivity contribution in [2.24, 2.45) is 5.92 Å². The molecule has 0 aromatic heterocycles. The van der Waals surface area contributed by atoms with E-state index in [1.165, 1.54) is 0 Å². The SMILES string of the molecule is CC(C=O)CN1CCCN(CCO)CC1. The van der Waals surface area contributed by atoms with E-state index in [-0.39, 0.29) is 12.5 Å². The minimum Gasteiger partial charge on any atom is -0.395 e. The van der Waals surface area contributed by atoms with Crippen LogP contribution in [0, 0.1) is 5.92 Å². The maximum absolute atomic E-state index is 10.6. The molecule has 1 aliphatic heterocycles. The van der Waals surface area contributed by atoms with Gasteiger partial charge in [0.05, 0.1) is 6.61 Å². The summed E-state index contributed by atoms with van der Waals surface area (Å²) in [5.74, 6) is 0.134. The molecule has 1 N–H and O–H groups in total. The summed E-state index contributed by atoms with van der Waals surface area (Å²) in [7, 11) is 0. The van der Waals surface area contributed by atoms with Gasteiger partial charge in [-0.3, -0.25) is 4.90 Å². The van der Waals surface area contributed by atoms with Gasteiger partial charge in [0.15, 0.2) is 0 Å². The zero-order chi connectivity index (χ0) is 11.1. The lowest BCUT2D eigenvalue weighted by atomic mass is 10.2. The van der Waals surface area contributed by atoms with Crippen LogP contribution in [-0.4, -0.2) is 67.1 Å². The molecule has 1 heterocycles. The standard InChI is InChI=1S/C11H22N2O2/c1-11(10-15)9-13-4-2-3-12(5-6-13)7-8-14/h10-11,14H,2-9H2,1H3. The van der Waals surface area contributed by atoms with Crippen molar-refractivity contribution in [3.63, 3.8) is 0 Å². The van der Waals surface area contributed by atoms with E-state index in [0.717, 1.165) is 52.0 Å². The Labute approximate surface area is 91.9 Å². The van der Waals surface area contributed by atoms with Gasteiger partial charge in [0.1, 0.15) is 6.29 Å². The van der Waals surface area contributed by atoms with Gasteiger partial charge in [-0.2, -0.15) is 0 Å². The first kappa shape index (κ1) is 12.6. The predicted octanol–water partition coefficient (Wildman–Crippen LogP) is -0.179. The molecule has 0 radical (unpaired) electrons. The Balaban J connectivity index is 2.28. The number of aliphatic hydroxyl groups is 1. The maximum Gasteiger partial charge on any atom is 0.124 e. The third-order valence-electron chi connectivity index (χ3n) is 2.88. The molecule has 4 nitrogen and oxygen atoms in total. The van der Waals surface area contributed by atoms with Crippen LogP contribution in [0.2, 0.25) is 0 Å². The summed E-state index contributed by atoms with van der Waals surface area (Å²) < 4.78 is 0. The van der Waals surface area contributed by atoms with Gasteiger partial charge in [0, 0.05) is 32.1 Å². The summed E-state index contributed by atoms with van der Waals surface area (Å²) in [6, 6.07) is 0. The number of hydrogen-bond acceptors (Lipinski definition) is 4. The van der Waals surface area contributed by atoms with E-state index in [9.17, 15) is 4.79 Å². The van der Waals surface area contributed by atoms with Gasteiger partial charge in [-0.15, -0.1) is 0 Å².